The summed E-state index contributed by atoms with van der Waals surface area (Å²) in [5.74, 6) is -0.467. The summed E-state index contributed by atoms with van der Waals surface area (Å²) in [7, 11) is 0. The Hall–Kier alpha value is -3.70. The van der Waals surface area contributed by atoms with Gasteiger partial charge in [0.25, 0.3) is 5.91 Å². The molecule has 0 radical (unpaired) electrons. The standard InChI is InChI=1S/C28H24N2O3/c1-2-33-26(31)24-23-16-19-12-6-7-13-20(19)17-30(23)28(25(24)18-10-4-3-5-11-18)21-14-8-9-15-22(21)29-27(28)32/h3-15,23H,2,16-17H2,1H3,(H,29,32)/t23-,28-/m0/s1. The maximum atomic E-state index is 14.0. The van der Waals surface area contributed by atoms with Crippen LogP contribution in [-0.4, -0.2) is 29.4 Å². The van der Waals surface area contributed by atoms with Crippen molar-refractivity contribution in [3.63, 3.8) is 0 Å². The van der Waals surface area contributed by atoms with Gasteiger partial charge in [-0.05, 0) is 36.1 Å². The molecule has 1 N–H and O–H groups in total. The number of para-hydroxylation sites is 1. The zero-order valence-electron chi connectivity index (χ0n) is 18.4. The molecule has 3 aromatic rings. The van der Waals surface area contributed by atoms with Crippen molar-refractivity contribution < 1.29 is 14.3 Å². The van der Waals surface area contributed by atoms with Crippen LogP contribution in [0.15, 0.2) is 84.4 Å². The molecule has 33 heavy (non-hydrogen) atoms. The van der Waals surface area contributed by atoms with Crippen molar-refractivity contribution in [3.8, 4) is 0 Å². The van der Waals surface area contributed by atoms with Gasteiger partial charge in [-0.2, -0.15) is 0 Å². The molecule has 3 aliphatic rings. The maximum Gasteiger partial charge on any atom is 0.336 e. The van der Waals surface area contributed by atoms with Crippen LogP contribution in [0.4, 0.5) is 5.69 Å². The van der Waals surface area contributed by atoms with Gasteiger partial charge < -0.3 is 10.1 Å². The molecule has 3 aliphatic heterocycles. The van der Waals surface area contributed by atoms with Gasteiger partial charge in [0.1, 0.15) is 0 Å². The lowest BCUT2D eigenvalue weighted by Gasteiger charge is -2.42. The maximum absolute atomic E-state index is 14.0. The molecule has 6 rings (SSSR count). The number of rotatable bonds is 3. The molecule has 1 amide bonds. The summed E-state index contributed by atoms with van der Waals surface area (Å²) in [4.78, 5) is 29.7. The molecule has 5 nitrogen and oxygen atoms in total. The topological polar surface area (TPSA) is 58.6 Å². The fraction of sp³-hybridized carbons (Fsp3) is 0.214. The molecule has 164 valence electrons. The van der Waals surface area contributed by atoms with Crippen LogP contribution in [0.25, 0.3) is 5.57 Å². The summed E-state index contributed by atoms with van der Waals surface area (Å²) in [5, 5.41) is 3.11. The molecule has 0 fully saturated rings. The largest absolute Gasteiger partial charge is 0.463 e. The highest BCUT2D eigenvalue weighted by molar-refractivity contribution is 6.19. The van der Waals surface area contributed by atoms with E-state index in [4.69, 9.17) is 4.74 Å². The molecule has 1 spiro atoms. The number of carbonyl (C=O) groups is 2. The van der Waals surface area contributed by atoms with E-state index < -0.39 is 5.54 Å². The number of benzene rings is 3. The summed E-state index contributed by atoms with van der Waals surface area (Å²) < 4.78 is 5.59. The third-order valence-corrected chi connectivity index (χ3v) is 7.10. The first-order valence-corrected chi connectivity index (χ1v) is 11.4. The molecule has 0 saturated carbocycles. The fourth-order valence-corrected chi connectivity index (χ4v) is 5.83. The van der Waals surface area contributed by atoms with E-state index in [1.165, 1.54) is 11.1 Å². The van der Waals surface area contributed by atoms with Crippen LogP contribution in [0, 0.1) is 0 Å². The van der Waals surface area contributed by atoms with Crippen LogP contribution in [0.3, 0.4) is 0 Å². The molecule has 3 heterocycles. The summed E-state index contributed by atoms with van der Waals surface area (Å²) in [6.45, 7) is 2.67. The minimum absolute atomic E-state index is 0.119. The van der Waals surface area contributed by atoms with Gasteiger partial charge in [-0.15, -0.1) is 0 Å². The predicted molar refractivity (Wildman–Crippen MR) is 126 cm³/mol. The molecule has 0 unspecified atom stereocenters. The molecule has 3 aromatic carbocycles. The van der Waals surface area contributed by atoms with Crippen LogP contribution in [0.1, 0.15) is 29.2 Å². The molecular weight excluding hydrogens is 412 g/mol. The van der Waals surface area contributed by atoms with Crippen molar-refractivity contribution >= 4 is 23.1 Å². The molecule has 2 atom stereocenters. The van der Waals surface area contributed by atoms with Gasteiger partial charge in [0.2, 0.25) is 0 Å². The molecule has 0 saturated heterocycles. The number of carbonyl (C=O) groups excluding carboxylic acids is 2. The van der Waals surface area contributed by atoms with Crippen molar-refractivity contribution in [1.29, 1.82) is 0 Å². The second-order valence-corrected chi connectivity index (χ2v) is 8.70. The second-order valence-electron chi connectivity index (χ2n) is 8.70. The smallest absolute Gasteiger partial charge is 0.336 e. The van der Waals surface area contributed by atoms with E-state index >= 15 is 0 Å². The monoisotopic (exact) mass is 436 g/mol. The van der Waals surface area contributed by atoms with Crippen molar-refractivity contribution in [2.45, 2.75) is 31.5 Å². The minimum Gasteiger partial charge on any atom is -0.463 e. The van der Waals surface area contributed by atoms with Crippen LogP contribution in [0.2, 0.25) is 0 Å². The first-order chi connectivity index (χ1) is 16.2. The Labute approximate surface area is 192 Å². The highest BCUT2D eigenvalue weighted by Gasteiger charge is 2.63. The Balaban J connectivity index is 1.69. The number of nitrogens with one attached hydrogen (secondary N) is 1. The van der Waals surface area contributed by atoms with E-state index in [1.54, 1.807) is 0 Å². The van der Waals surface area contributed by atoms with Crippen molar-refractivity contribution in [3.05, 3.63) is 107 Å². The molecule has 0 bridgehead atoms. The highest BCUT2D eigenvalue weighted by Crippen LogP contribution is 2.58. The highest BCUT2D eigenvalue weighted by atomic mass is 16.5. The van der Waals surface area contributed by atoms with Crippen LogP contribution >= 0.6 is 0 Å². The van der Waals surface area contributed by atoms with E-state index in [2.05, 4.69) is 22.3 Å². The van der Waals surface area contributed by atoms with Crippen molar-refractivity contribution in [2.75, 3.05) is 11.9 Å². The number of ether oxygens (including phenoxy) is 1. The summed E-state index contributed by atoms with van der Waals surface area (Å²) in [6, 6.07) is 25.7. The molecule has 0 aromatic heterocycles. The van der Waals surface area contributed by atoms with E-state index in [1.807, 2.05) is 73.7 Å². The number of hydrogen-bond acceptors (Lipinski definition) is 4. The Morgan fingerprint density at radius 2 is 1.70 bits per heavy atom. The Morgan fingerprint density at radius 3 is 2.48 bits per heavy atom. The van der Waals surface area contributed by atoms with Gasteiger partial charge in [-0.3, -0.25) is 9.69 Å². The average Bonchev–Trinajstić information content (AvgIpc) is 3.31. The van der Waals surface area contributed by atoms with E-state index in [0.717, 1.165) is 22.4 Å². The molecule has 0 aliphatic carbocycles. The van der Waals surface area contributed by atoms with E-state index in [9.17, 15) is 9.59 Å². The SMILES string of the molecule is CCOC(=O)C1=C(c2ccccc2)[C@@]2(C(=O)Nc3ccccc32)N2Cc3ccccc3C[C@@H]12. The van der Waals surface area contributed by atoms with Crippen LogP contribution in [-0.2, 0) is 32.8 Å². The van der Waals surface area contributed by atoms with Gasteiger partial charge in [0, 0.05) is 29.4 Å². The second kappa shape index (κ2) is 7.42. The van der Waals surface area contributed by atoms with Crippen LogP contribution in [0.5, 0.6) is 0 Å². The lowest BCUT2D eigenvalue weighted by atomic mass is 9.79. The average molecular weight is 437 g/mol. The lowest BCUT2D eigenvalue weighted by Crippen LogP contribution is -2.53. The van der Waals surface area contributed by atoms with E-state index in [0.29, 0.717) is 18.5 Å². The number of fused-ring (bicyclic) bond motifs is 5. The number of anilines is 1. The Kier molecular flexibility index (Phi) is 4.49. The first kappa shape index (κ1) is 19.9. The summed E-state index contributed by atoms with van der Waals surface area (Å²) in [6.07, 6.45) is 0.651. The third kappa shape index (κ3) is 2.69. The zero-order valence-corrected chi connectivity index (χ0v) is 18.4. The molecular formula is C28H24N2O3. The van der Waals surface area contributed by atoms with Crippen molar-refractivity contribution in [2.24, 2.45) is 0 Å². The number of amides is 1. The first-order valence-electron chi connectivity index (χ1n) is 11.4. The quantitative estimate of drug-likeness (QED) is 0.623. The van der Waals surface area contributed by atoms with Gasteiger partial charge in [-0.1, -0.05) is 72.8 Å². The number of nitrogens with zero attached hydrogens (tertiary/aromatic N) is 1. The summed E-state index contributed by atoms with van der Waals surface area (Å²) >= 11 is 0. The Morgan fingerprint density at radius 1 is 1.00 bits per heavy atom. The lowest BCUT2D eigenvalue weighted by molar-refractivity contribution is -0.139. The van der Waals surface area contributed by atoms with E-state index in [-0.39, 0.29) is 24.5 Å². The molecule has 5 heteroatoms. The van der Waals surface area contributed by atoms with Gasteiger partial charge in [-0.25, -0.2) is 4.79 Å². The Bertz CT molecular complexity index is 1310. The van der Waals surface area contributed by atoms with Gasteiger partial charge in [0.15, 0.2) is 5.54 Å². The van der Waals surface area contributed by atoms with Crippen LogP contribution < -0.4 is 5.32 Å². The summed E-state index contributed by atoms with van der Waals surface area (Å²) in [5.41, 5.74) is 5.16. The van der Waals surface area contributed by atoms with Gasteiger partial charge in [0.05, 0.1) is 12.2 Å². The normalized spacial score (nSPS) is 23.2. The zero-order chi connectivity index (χ0) is 22.6. The van der Waals surface area contributed by atoms with Crippen molar-refractivity contribution in [1.82, 2.24) is 4.90 Å². The third-order valence-electron chi connectivity index (χ3n) is 7.10. The number of esters is 1. The fourth-order valence-electron chi connectivity index (χ4n) is 5.83. The van der Waals surface area contributed by atoms with Gasteiger partial charge >= 0.3 is 5.97 Å². The number of hydrogen-bond donors (Lipinski definition) is 1. The minimum atomic E-state index is -1.10. The predicted octanol–water partition coefficient (Wildman–Crippen LogP) is 4.29.